The number of imidazole rings is 1. The van der Waals surface area contributed by atoms with Crippen LogP contribution >= 0.6 is 24.2 Å². The molecule has 0 aliphatic carbocycles. The van der Waals surface area contributed by atoms with Crippen LogP contribution in [0.2, 0.25) is 0 Å². The van der Waals surface area contributed by atoms with Crippen molar-refractivity contribution < 1.29 is 14.3 Å². The Labute approximate surface area is 168 Å². The fraction of sp³-hybridized carbons (Fsp3) is 0.263. The highest BCUT2D eigenvalue weighted by molar-refractivity contribution is 7.99. The number of nitrogens with zero attached hydrogens (tertiary/aromatic N) is 2. The summed E-state index contributed by atoms with van der Waals surface area (Å²) >= 11 is 1.40. The van der Waals surface area contributed by atoms with Crippen molar-refractivity contribution in [3.05, 3.63) is 42.5 Å². The van der Waals surface area contributed by atoms with Crippen LogP contribution in [0.4, 0.5) is 5.69 Å². The maximum absolute atomic E-state index is 12.2. The second-order valence-electron chi connectivity index (χ2n) is 5.60. The number of methoxy groups -OCH3 is 1. The molecule has 0 aliphatic heterocycles. The molecular weight excluding hydrogens is 386 g/mol. The summed E-state index contributed by atoms with van der Waals surface area (Å²) in [6, 6.07) is 13.1. The molecule has 0 aliphatic rings. The Morgan fingerprint density at radius 3 is 2.56 bits per heavy atom. The lowest BCUT2D eigenvalue weighted by Gasteiger charge is -2.07. The number of carbonyl (C=O) groups excluding carboxylic acids is 1. The molecule has 0 radical (unpaired) electrons. The standard InChI is InChI=1S/C19H21N3O3S.ClH/c1-4-25-14-7-5-13(6-8-14)20-18(23)12-26-19-21-16-11-15(24-3)9-10-17(16)22(19)2;/h5-11H,4,12H2,1-3H3,(H,20,23);1H. The number of aromatic nitrogens is 2. The largest absolute Gasteiger partial charge is 0.497 e. The van der Waals surface area contributed by atoms with Crippen LogP contribution in [0.15, 0.2) is 47.6 Å². The highest BCUT2D eigenvalue weighted by Crippen LogP contribution is 2.26. The van der Waals surface area contributed by atoms with Crippen molar-refractivity contribution in [2.75, 3.05) is 24.8 Å². The van der Waals surface area contributed by atoms with E-state index >= 15 is 0 Å². The Morgan fingerprint density at radius 1 is 1.19 bits per heavy atom. The van der Waals surface area contributed by atoms with Gasteiger partial charge in [-0.1, -0.05) is 11.8 Å². The van der Waals surface area contributed by atoms with Crippen LogP contribution in [0.1, 0.15) is 6.92 Å². The first kappa shape index (κ1) is 20.9. The summed E-state index contributed by atoms with van der Waals surface area (Å²) in [5.74, 6) is 1.75. The Balaban J connectivity index is 0.00000261. The second-order valence-corrected chi connectivity index (χ2v) is 6.54. The average molecular weight is 408 g/mol. The SMILES string of the molecule is CCOc1ccc(NC(=O)CSc2nc3cc(OC)ccc3n2C)cc1.Cl. The van der Waals surface area contributed by atoms with Gasteiger partial charge in [-0.3, -0.25) is 4.79 Å². The number of nitrogens with one attached hydrogen (secondary N) is 1. The third kappa shape index (κ3) is 5.08. The van der Waals surface area contributed by atoms with Crippen LogP contribution < -0.4 is 14.8 Å². The third-order valence-electron chi connectivity index (χ3n) is 3.83. The van der Waals surface area contributed by atoms with Gasteiger partial charge in [0.1, 0.15) is 11.5 Å². The first-order valence-electron chi connectivity index (χ1n) is 8.26. The first-order chi connectivity index (χ1) is 12.6. The van der Waals surface area contributed by atoms with Crippen molar-refractivity contribution in [1.29, 1.82) is 0 Å². The first-order valence-corrected chi connectivity index (χ1v) is 9.25. The zero-order chi connectivity index (χ0) is 18.5. The molecule has 0 unspecified atom stereocenters. The van der Waals surface area contributed by atoms with Crippen molar-refractivity contribution in [2.24, 2.45) is 7.05 Å². The van der Waals surface area contributed by atoms with Gasteiger partial charge in [-0.05, 0) is 43.3 Å². The van der Waals surface area contributed by atoms with Gasteiger partial charge in [-0.2, -0.15) is 0 Å². The van der Waals surface area contributed by atoms with E-state index in [0.717, 1.165) is 33.4 Å². The van der Waals surface area contributed by atoms with Crippen LogP contribution in [0.5, 0.6) is 11.5 Å². The predicted molar refractivity (Wildman–Crippen MR) is 111 cm³/mol. The smallest absolute Gasteiger partial charge is 0.234 e. The number of fused-ring (bicyclic) bond motifs is 1. The summed E-state index contributed by atoms with van der Waals surface area (Å²) in [4.78, 5) is 16.8. The van der Waals surface area contributed by atoms with Crippen LogP contribution in [-0.4, -0.2) is 34.9 Å². The zero-order valence-corrected chi connectivity index (χ0v) is 17.0. The monoisotopic (exact) mass is 407 g/mol. The highest BCUT2D eigenvalue weighted by Gasteiger charge is 2.11. The number of ether oxygens (including phenoxy) is 2. The minimum atomic E-state index is -0.0798. The van der Waals surface area contributed by atoms with Gasteiger partial charge in [0.15, 0.2) is 5.16 Å². The normalized spacial score (nSPS) is 10.3. The molecule has 1 aromatic heterocycles. The number of anilines is 1. The summed E-state index contributed by atoms with van der Waals surface area (Å²) in [6.45, 7) is 2.55. The number of carbonyl (C=O) groups is 1. The summed E-state index contributed by atoms with van der Waals surface area (Å²) in [5.41, 5.74) is 2.59. The van der Waals surface area contributed by atoms with Gasteiger partial charge in [0.2, 0.25) is 5.91 Å². The van der Waals surface area contributed by atoms with Crippen molar-refractivity contribution in [1.82, 2.24) is 9.55 Å². The minimum Gasteiger partial charge on any atom is -0.497 e. The third-order valence-corrected chi connectivity index (χ3v) is 4.86. The quantitative estimate of drug-likeness (QED) is 0.596. The molecule has 1 heterocycles. The van der Waals surface area contributed by atoms with Gasteiger partial charge < -0.3 is 19.4 Å². The number of halogens is 1. The number of hydrogen-bond donors (Lipinski definition) is 1. The lowest BCUT2D eigenvalue weighted by molar-refractivity contribution is -0.113. The molecular formula is C19H22ClN3O3S. The lowest BCUT2D eigenvalue weighted by atomic mass is 10.3. The number of rotatable bonds is 7. The molecule has 3 aromatic rings. The molecule has 3 rings (SSSR count). The molecule has 0 bridgehead atoms. The number of aryl methyl sites for hydroxylation is 1. The zero-order valence-electron chi connectivity index (χ0n) is 15.4. The number of thioether (sulfide) groups is 1. The van der Waals surface area contributed by atoms with Crippen molar-refractivity contribution in [2.45, 2.75) is 12.1 Å². The lowest BCUT2D eigenvalue weighted by Crippen LogP contribution is -2.14. The van der Waals surface area contributed by atoms with Crippen molar-refractivity contribution in [3.63, 3.8) is 0 Å². The topological polar surface area (TPSA) is 65.4 Å². The van der Waals surface area contributed by atoms with E-state index in [2.05, 4.69) is 10.3 Å². The Kier molecular flexibility index (Phi) is 7.38. The minimum absolute atomic E-state index is 0. The van der Waals surface area contributed by atoms with E-state index in [1.165, 1.54) is 11.8 Å². The molecule has 1 amide bonds. The maximum Gasteiger partial charge on any atom is 0.234 e. The van der Waals surface area contributed by atoms with Crippen LogP contribution in [0.3, 0.4) is 0 Å². The van der Waals surface area contributed by atoms with E-state index < -0.39 is 0 Å². The summed E-state index contributed by atoms with van der Waals surface area (Å²) in [7, 11) is 3.57. The second kappa shape index (κ2) is 9.53. The number of amides is 1. The molecule has 2 aromatic carbocycles. The molecule has 1 N–H and O–H groups in total. The van der Waals surface area contributed by atoms with E-state index in [-0.39, 0.29) is 24.1 Å². The molecule has 27 heavy (non-hydrogen) atoms. The molecule has 0 saturated heterocycles. The Hall–Kier alpha value is -2.38. The van der Waals surface area contributed by atoms with Gasteiger partial charge in [-0.25, -0.2) is 4.98 Å². The van der Waals surface area contributed by atoms with Gasteiger partial charge in [0, 0.05) is 18.8 Å². The number of hydrogen-bond acceptors (Lipinski definition) is 5. The molecule has 0 atom stereocenters. The molecule has 8 heteroatoms. The molecule has 0 saturated carbocycles. The molecule has 0 fully saturated rings. The van der Waals surface area contributed by atoms with Gasteiger partial charge in [0.25, 0.3) is 0 Å². The van der Waals surface area contributed by atoms with Crippen LogP contribution in [0, 0.1) is 0 Å². The highest BCUT2D eigenvalue weighted by atomic mass is 35.5. The Bertz CT molecular complexity index is 912. The molecule has 144 valence electrons. The summed E-state index contributed by atoms with van der Waals surface area (Å²) in [5, 5.41) is 3.67. The number of benzene rings is 2. The maximum atomic E-state index is 12.2. The van der Waals surface area contributed by atoms with Gasteiger partial charge in [-0.15, -0.1) is 12.4 Å². The van der Waals surface area contributed by atoms with E-state index in [4.69, 9.17) is 9.47 Å². The van der Waals surface area contributed by atoms with E-state index in [0.29, 0.717) is 6.61 Å². The fourth-order valence-electron chi connectivity index (χ4n) is 2.54. The predicted octanol–water partition coefficient (Wildman–Crippen LogP) is 4.13. The summed E-state index contributed by atoms with van der Waals surface area (Å²) in [6.07, 6.45) is 0. The van der Waals surface area contributed by atoms with Gasteiger partial charge >= 0.3 is 0 Å². The molecule has 0 spiro atoms. The van der Waals surface area contributed by atoms with E-state index in [1.807, 2.05) is 61.0 Å². The van der Waals surface area contributed by atoms with E-state index in [9.17, 15) is 4.79 Å². The van der Waals surface area contributed by atoms with E-state index in [1.54, 1.807) is 7.11 Å². The van der Waals surface area contributed by atoms with Gasteiger partial charge in [0.05, 0.1) is 30.5 Å². The Morgan fingerprint density at radius 2 is 1.89 bits per heavy atom. The molecule has 6 nitrogen and oxygen atoms in total. The van der Waals surface area contributed by atoms with Crippen LogP contribution in [-0.2, 0) is 11.8 Å². The van der Waals surface area contributed by atoms with Crippen molar-refractivity contribution >= 4 is 46.8 Å². The van der Waals surface area contributed by atoms with Crippen molar-refractivity contribution in [3.8, 4) is 11.5 Å². The fourth-order valence-corrected chi connectivity index (χ4v) is 3.33. The summed E-state index contributed by atoms with van der Waals surface area (Å²) < 4.78 is 12.6. The van der Waals surface area contributed by atoms with Crippen LogP contribution in [0.25, 0.3) is 11.0 Å². The average Bonchev–Trinajstić information content (AvgIpc) is 2.97.